The van der Waals surface area contributed by atoms with Crippen LogP contribution in [0.25, 0.3) is 0 Å². The molecule has 0 saturated carbocycles. The molecule has 1 heterocycles. The number of aliphatic carboxylic acids is 1. The van der Waals surface area contributed by atoms with Crippen molar-refractivity contribution in [2.24, 2.45) is 5.73 Å². The van der Waals surface area contributed by atoms with Crippen LogP contribution in [0.15, 0.2) is 18.2 Å². The van der Waals surface area contributed by atoms with E-state index >= 15 is 0 Å². The Bertz CT molecular complexity index is 520. The number of nitrogens with zero attached hydrogens (tertiary/aromatic N) is 1. The lowest BCUT2D eigenvalue weighted by atomic mass is 10.0. The third-order valence-corrected chi connectivity index (χ3v) is 3.99. The molecule has 0 bridgehead atoms. The number of carboxylic acid groups (broad SMARTS) is 1. The van der Waals surface area contributed by atoms with Gasteiger partial charge in [0.05, 0.1) is 7.11 Å². The van der Waals surface area contributed by atoms with Crippen LogP contribution in [0.1, 0.15) is 24.9 Å². The number of nitrogens with two attached hydrogens (primary N) is 1. The van der Waals surface area contributed by atoms with Crippen LogP contribution in [-0.2, 0) is 4.79 Å². The Morgan fingerprint density at radius 1 is 1.55 bits per heavy atom. The van der Waals surface area contributed by atoms with Crippen molar-refractivity contribution in [3.63, 3.8) is 0 Å². The van der Waals surface area contributed by atoms with Crippen molar-refractivity contribution >= 4 is 5.97 Å². The van der Waals surface area contributed by atoms with Gasteiger partial charge in [0.25, 0.3) is 0 Å². The molecule has 0 spiro atoms. The maximum absolute atomic E-state index is 11.2. The molecular weight excluding hydrogens is 260 g/mol. The first-order chi connectivity index (χ1) is 9.37. The van der Waals surface area contributed by atoms with Gasteiger partial charge in [-0.1, -0.05) is 6.07 Å². The van der Waals surface area contributed by atoms with E-state index in [0.29, 0.717) is 25.3 Å². The van der Waals surface area contributed by atoms with E-state index in [-0.39, 0.29) is 11.8 Å². The van der Waals surface area contributed by atoms with Crippen LogP contribution in [0.2, 0.25) is 0 Å². The number of aromatic hydroxyl groups is 1. The van der Waals surface area contributed by atoms with Gasteiger partial charge in [0, 0.05) is 19.1 Å². The lowest BCUT2D eigenvalue weighted by molar-refractivity contribution is -0.142. The number of likely N-dealkylation sites (tertiary alicyclic amines) is 1. The zero-order valence-electron chi connectivity index (χ0n) is 11.7. The molecule has 4 N–H and O–H groups in total. The first kappa shape index (κ1) is 14.6. The van der Waals surface area contributed by atoms with Crippen LogP contribution in [0.3, 0.4) is 0 Å². The van der Waals surface area contributed by atoms with Gasteiger partial charge < -0.3 is 20.7 Å². The highest BCUT2D eigenvalue weighted by Crippen LogP contribution is 2.33. The highest BCUT2D eigenvalue weighted by Gasteiger charge is 2.42. The summed E-state index contributed by atoms with van der Waals surface area (Å²) in [6.07, 6.45) is 0.432. The molecule has 6 nitrogen and oxygen atoms in total. The monoisotopic (exact) mass is 280 g/mol. The summed E-state index contributed by atoms with van der Waals surface area (Å²) in [7, 11) is 1.49. The molecule has 1 fully saturated rings. The first-order valence-electron chi connectivity index (χ1n) is 6.50. The number of phenols is 1. The van der Waals surface area contributed by atoms with E-state index in [4.69, 9.17) is 15.6 Å². The molecule has 0 amide bonds. The van der Waals surface area contributed by atoms with E-state index in [1.807, 2.05) is 11.8 Å². The third kappa shape index (κ3) is 2.57. The highest BCUT2D eigenvalue weighted by atomic mass is 16.5. The fourth-order valence-electron chi connectivity index (χ4n) is 2.53. The first-order valence-corrected chi connectivity index (χ1v) is 6.50. The minimum atomic E-state index is -1.17. The fraction of sp³-hybridized carbons (Fsp3) is 0.500. The number of carboxylic acids is 1. The number of hydrogen-bond acceptors (Lipinski definition) is 5. The Hall–Kier alpha value is -1.79. The lowest BCUT2D eigenvalue weighted by Crippen LogP contribution is -2.50. The zero-order valence-corrected chi connectivity index (χ0v) is 11.7. The van der Waals surface area contributed by atoms with Crippen molar-refractivity contribution < 1.29 is 19.7 Å². The van der Waals surface area contributed by atoms with E-state index in [0.717, 1.165) is 5.56 Å². The molecule has 0 aliphatic carbocycles. The second-order valence-electron chi connectivity index (χ2n) is 5.29. The van der Waals surface area contributed by atoms with Crippen LogP contribution in [0, 0.1) is 0 Å². The molecule has 20 heavy (non-hydrogen) atoms. The van der Waals surface area contributed by atoms with Gasteiger partial charge in [-0.05, 0) is 31.0 Å². The summed E-state index contributed by atoms with van der Waals surface area (Å²) in [6.45, 7) is 2.93. The molecule has 1 saturated heterocycles. The summed E-state index contributed by atoms with van der Waals surface area (Å²) in [6, 6.07) is 5.15. The summed E-state index contributed by atoms with van der Waals surface area (Å²) < 4.78 is 5.09. The van der Waals surface area contributed by atoms with E-state index < -0.39 is 11.5 Å². The molecule has 1 aromatic rings. The molecule has 0 aromatic heterocycles. The number of ether oxygens (including phenoxy) is 1. The van der Waals surface area contributed by atoms with E-state index in [9.17, 15) is 9.90 Å². The number of hydrogen-bond donors (Lipinski definition) is 3. The van der Waals surface area contributed by atoms with E-state index in [1.165, 1.54) is 7.11 Å². The van der Waals surface area contributed by atoms with Crippen molar-refractivity contribution in [2.75, 3.05) is 20.2 Å². The van der Waals surface area contributed by atoms with Gasteiger partial charge in [0.15, 0.2) is 11.5 Å². The Kier molecular flexibility index (Phi) is 3.87. The van der Waals surface area contributed by atoms with Crippen molar-refractivity contribution in [3.05, 3.63) is 23.8 Å². The van der Waals surface area contributed by atoms with Gasteiger partial charge in [0.1, 0.15) is 5.54 Å². The SMILES string of the molecule is COc1cc(C(C)N2CCC(N)(C(=O)O)C2)ccc1O. The maximum atomic E-state index is 11.2. The molecule has 1 aromatic carbocycles. The average Bonchev–Trinajstić information content (AvgIpc) is 2.82. The summed E-state index contributed by atoms with van der Waals surface area (Å²) in [4.78, 5) is 13.2. The van der Waals surface area contributed by atoms with Crippen LogP contribution in [-0.4, -0.2) is 46.8 Å². The summed E-state index contributed by atoms with van der Waals surface area (Å²) in [5, 5.41) is 18.8. The molecule has 2 rings (SSSR count). The van der Waals surface area contributed by atoms with Crippen LogP contribution >= 0.6 is 0 Å². The minimum absolute atomic E-state index is 0.00859. The standard InChI is InChI=1S/C14H20N2O4/c1-9(10-3-4-11(17)12(7-10)20-2)16-6-5-14(15,8-16)13(18)19/h3-4,7,9,17H,5-6,8,15H2,1-2H3,(H,18,19). The van der Waals surface area contributed by atoms with Crippen molar-refractivity contribution in [3.8, 4) is 11.5 Å². The van der Waals surface area contributed by atoms with Gasteiger partial charge in [-0.15, -0.1) is 0 Å². The van der Waals surface area contributed by atoms with Gasteiger partial charge in [0.2, 0.25) is 0 Å². The second kappa shape index (κ2) is 5.30. The van der Waals surface area contributed by atoms with Crippen molar-refractivity contribution in [1.29, 1.82) is 0 Å². The zero-order chi connectivity index (χ0) is 14.9. The lowest BCUT2D eigenvalue weighted by Gasteiger charge is -2.26. The van der Waals surface area contributed by atoms with E-state index in [2.05, 4.69) is 0 Å². The molecule has 6 heteroatoms. The molecule has 1 aliphatic rings. The average molecular weight is 280 g/mol. The highest BCUT2D eigenvalue weighted by molar-refractivity contribution is 5.79. The molecule has 0 radical (unpaired) electrons. The predicted octanol–water partition coefficient (Wildman–Crippen LogP) is 0.950. The van der Waals surface area contributed by atoms with Gasteiger partial charge in [-0.25, -0.2) is 0 Å². The number of carbonyl (C=O) groups is 1. The fourth-order valence-corrected chi connectivity index (χ4v) is 2.53. The normalized spacial score (nSPS) is 24.6. The second-order valence-corrected chi connectivity index (χ2v) is 5.29. The minimum Gasteiger partial charge on any atom is -0.504 e. The number of phenolic OH excluding ortho intramolecular Hbond substituents is 1. The molecular formula is C14H20N2O4. The maximum Gasteiger partial charge on any atom is 0.325 e. The number of rotatable bonds is 4. The summed E-state index contributed by atoms with van der Waals surface area (Å²) in [5.41, 5.74) is 5.66. The molecule has 1 aliphatic heterocycles. The molecule has 2 unspecified atom stereocenters. The van der Waals surface area contributed by atoms with Crippen LogP contribution < -0.4 is 10.5 Å². The third-order valence-electron chi connectivity index (χ3n) is 3.99. The largest absolute Gasteiger partial charge is 0.504 e. The molecule has 2 atom stereocenters. The Balaban J connectivity index is 2.17. The number of benzene rings is 1. The number of methoxy groups -OCH3 is 1. The quantitative estimate of drug-likeness (QED) is 0.760. The van der Waals surface area contributed by atoms with Gasteiger partial charge in [-0.2, -0.15) is 0 Å². The van der Waals surface area contributed by atoms with Crippen molar-refractivity contribution in [2.45, 2.75) is 24.9 Å². The Morgan fingerprint density at radius 2 is 2.25 bits per heavy atom. The smallest absolute Gasteiger partial charge is 0.325 e. The van der Waals surface area contributed by atoms with Crippen LogP contribution in [0.5, 0.6) is 11.5 Å². The van der Waals surface area contributed by atoms with E-state index in [1.54, 1.807) is 18.2 Å². The van der Waals surface area contributed by atoms with Gasteiger partial charge >= 0.3 is 5.97 Å². The topological polar surface area (TPSA) is 96.0 Å². The Labute approximate surface area is 117 Å². The van der Waals surface area contributed by atoms with Gasteiger partial charge in [-0.3, -0.25) is 9.69 Å². The molecule has 110 valence electrons. The van der Waals surface area contributed by atoms with Crippen LogP contribution in [0.4, 0.5) is 0 Å². The Morgan fingerprint density at radius 3 is 2.80 bits per heavy atom. The summed E-state index contributed by atoms with van der Waals surface area (Å²) >= 11 is 0. The predicted molar refractivity (Wildman–Crippen MR) is 73.8 cm³/mol. The van der Waals surface area contributed by atoms with Crippen molar-refractivity contribution in [1.82, 2.24) is 4.90 Å². The summed E-state index contributed by atoms with van der Waals surface area (Å²) in [5.74, 6) is -0.468.